The number of aromatic nitrogens is 2. The van der Waals surface area contributed by atoms with E-state index < -0.39 is 0 Å². The highest BCUT2D eigenvalue weighted by Gasteiger charge is 2.29. The van der Waals surface area contributed by atoms with Crippen molar-refractivity contribution in [1.82, 2.24) is 14.9 Å². The summed E-state index contributed by atoms with van der Waals surface area (Å²) in [5, 5.41) is 2.99. The second-order valence-electron chi connectivity index (χ2n) is 5.49. The Bertz CT molecular complexity index is 407. The highest BCUT2D eigenvalue weighted by Crippen LogP contribution is 2.36. The van der Waals surface area contributed by atoms with Crippen LogP contribution in [0.3, 0.4) is 0 Å². The highest BCUT2D eigenvalue weighted by atomic mass is 16.1. The number of nitrogens with two attached hydrogens (primary N) is 1. The number of rotatable bonds is 5. The maximum atomic E-state index is 11.9. The average molecular weight is 250 g/mol. The lowest BCUT2D eigenvalue weighted by Crippen LogP contribution is -2.34. The number of carbonyl (C=O) groups is 1. The van der Waals surface area contributed by atoms with E-state index in [4.69, 9.17) is 5.73 Å². The van der Waals surface area contributed by atoms with Crippen molar-refractivity contribution in [1.29, 1.82) is 0 Å². The molecule has 1 amide bonds. The van der Waals surface area contributed by atoms with Crippen LogP contribution in [0.1, 0.15) is 43.1 Å². The first-order valence-electron chi connectivity index (χ1n) is 6.63. The number of nitrogens with zero attached hydrogens (tertiary/aromatic N) is 2. The molecule has 0 aliphatic heterocycles. The minimum atomic E-state index is -0.0844. The lowest BCUT2D eigenvalue weighted by atomic mass is 9.89. The molecule has 1 fully saturated rings. The van der Waals surface area contributed by atoms with Crippen molar-refractivity contribution in [3.8, 4) is 0 Å². The van der Waals surface area contributed by atoms with Gasteiger partial charge in [0.25, 0.3) is 5.91 Å². The molecule has 18 heavy (non-hydrogen) atoms. The molecule has 1 aliphatic carbocycles. The molecule has 0 unspecified atom stereocenters. The Labute approximate surface area is 108 Å². The van der Waals surface area contributed by atoms with Gasteiger partial charge in [0.15, 0.2) is 0 Å². The van der Waals surface area contributed by atoms with Crippen LogP contribution in [0, 0.1) is 5.41 Å². The Kier molecular flexibility index (Phi) is 4.01. The number of hydrogen-bond acceptors (Lipinski definition) is 3. The van der Waals surface area contributed by atoms with Crippen LogP contribution in [-0.4, -0.2) is 28.5 Å². The molecule has 0 aromatic carbocycles. The Balaban J connectivity index is 1.87. The van der Waals surface area contributed by atoms with Gasteiger partial charge in [-0.05, 0) is 18.3 Å². The summed E-state index contributed by atoms with van der Waals surface area (Å²) >= 11 is 0. The van der Waals surface area contributed by atoms with Gasteiger partial charge in [-0.2, -0.15) is 0 Å². The lowest BCUT2D eigenvalue weighted by Gasteiger charge is -2.23. The van der Waals surface area contributed by atoms with Gasteiger partial charge >= 0.3 is 0 Å². The fourth-order valence-electron chi connectivity index (χ4n) is 2.54. The second kappa shape index (κ2) is 5.52. The third kappa shape index (κ3) is 3.10. The summed E-state index contributed by atoms with van der Waals surface area (Å²) in [7, 11) is 0. The number of hydrogen-bond donors (Lipinski definition) is 2. The Hall–Kier alpha value is -1.36. The van der Waals surface area contributed by atoms with Crippen molar-refractivity contribution in [2.24, 2.45) is 11.1 Å². The fraction of sp³-hybridized carbons (Fsp3) is 0.692. The molecular formula is C13H22N4O. The van der Waals surface area contributed by atoms with Gasteiger partial charge in [-0.15, -0.1) is 0 Å². The molecule has 1 heterocycles. The largest absolute Gasteiger partial charge is 0.350 e. The second-order valence-corrected chi connectivity index (χ2v) is 5.49. The van der Waals surface area contributed by atoms with Crippen molar-refractivity contribution in [3.63, 3.8) is 0 Å². The van der Waals surface area contributed by atoms with E-state index in [1.165, 1.54) is 25.7 Å². The molecule has 2 rings (SSSR count). The molecule has 5 heteroatoms. The number of imidazole rings is 1. The minimum Gasteiger partial charge on any atom is -0.350 e. The molecule has 1 saturated carbocycles. The van der Waals surface area contributed by atoms with E-state index in [1.54, 1.807) is 12.5 Å². The van der Waals surface area contributed by atoms with Crippen LogP contribution in [0.5, 0.6) is 0 Å². The maximum absolute atomic E-state index is 11.9. The maximum Gasteiger partial charge on any atom is 0.271 e. The summed E-state index contributed by atoms with van der Waals surface area (Å²) < 4.78 is 1.84. The zero-order chi connectivity index (χ0) is 13.0. The van der Waals surface area contributed by atoms with E-state index >= 15 is 0 Å². The summed E-state index contributed by atoms with van der Waals surface area (Å²) in [5.74, 6) is -0.0844. The summed E-state index contributed by atoms with van der Waals surface area (Å²) in [5.41, 5.74) is 6.21. The normalized spacial score (nSPS) is 17.9. The Morgan fingerprint density at radius 1 is 1.56 bits per heavy atom. The summed E-state index contributed by atoms with van der Waals surface area (Å²) in [6.45, 7) is 4.23. The van der Waals surface area contributed by atoms with Crippen LogP contribution in [0.25, 0.3) is 0 Å². The summed E-state index contributed by atoms with van der Waals surface area (Å²) in [4.78, 5) is 16.0. The SMILES string of the molecule is CC1(CNC(=O)c2cn(CCN)cn2)CCCC1. The summed E-state index contributed by atoms with van der Waals surface area (Å²) in [6, 6.07) is 0. The minimum absolute atomic E-state index is 0.0844. The molecular weight excluding hydrogens is 228 g/mol. The van der Waals surface area contributed by atoms with E-state index in [1.807, 2.05) is 4.57 Å². The van der Waals surface area contributed by atoms with Crippen LogP contribution < -0.4 is 11.1 Å². The molecule has 0 bridgehead atoms. The van der Waals surface area contributed by atoms with Crippen LogP contribution >= 0.6 is 0 Å². The first-order chi connectivity index (χ1) is 8.63. The third-order valence-electron chi connectivity index (χ3n) is 3.74. The van der Waals surface area contributed by atoms with E-state index in [-0.39, 0.29) is 11.3 Å². The van der Waals surface area contributed by atoms with Crippen LogP contribution in [0.15, 0.2) is 12.5 Å². The number of nitrogens with one attached hydrogen (secondary N) is 1. The first kappa shape index (κ1) is 13.1. The molecule has 1 aliphatic rings. The molecule has 1 aromatic heterocycles. The molecule has 100 valence electrons. The van der Waals surface area contributed by atoms with E-state index in [0.717, 1.165) is 6.54 Å². The standard InChI is InChI=1S/C13H22N4O/c1-13(4-2-3-5-13)9-15-12(18)11-8-17(7-6-14)10-16-11/h8,10H,2-7,9,14H2,1H3,(H,15,18). The van der Waals surface area contributed by atoms with Gasteiger partial charge in [0, 0.05) is 25.8 Å². The molecule has 1 aromatic rings. The van der Waals surface area contributed by atoms with Gasteiger partial charge in [-0.1, -0.05) is 19.8 Å². The first-order valence-corrected chi connectivity index (χ1v) is 6.63. The molecule has 0 spiro atoms. The smallest absolute Gasteiger partial charge is 0.271 e. The van der Waals surface area contributed by atoms with Gasteiger partial charge in [-0.3, -0.25) is 4.79 Å². The fourth-order valence-corrected chi connectivity index (χ4v) is 2.54. The van der Waals surface area contributed by atoms with Crippen molar-refractivity contribution >= 4 is 5.91 Å². The van der Waals surface area contributed by atoms with Crippen molar-refractivity contribution < 1.29 is 4.79 Å². The molecule has 0 atom stereocenters. The van der Waals surface area contributed by atoms with Gasteiger partial charge in [0.1, 0.15) is 5.69 Å². The Morgan fingerprint density at radius 3 is 2.94 bits per heavy atom. The van der Waals surface area contributed by atoms with Crippen molar-refractivity contribution in [2.75, 3.05) is 13.1 Å². The predicted molar refractivity (Wildman–Crippen MR) is 70.2 cm³/mol. The lowest BCUT2D eigenvalue weighted by molar-refractivity contribution is 0.0929. The van der Waals surface area contributed by atoms with Crippen molar-refractivity contribution in [2.45, 2.75) is 39.2 Å². The van der Waals surface area contributed by atoms with Crippen LogP contribution in [0.2, 0.25) is 0 Å². The highest BCUT2D eigenvalue weighted by molar-refractivity contribution is 5.92. The zero-order valence-corrected chi connectivity index (χ0v) is 11.0. The topological polar surface area (TPSA) is 72.9 Å². The van der Waals surface area contributed by atoms with Gasteiger partial charge in [-0.25, -0.2) is 4.98 Å². The van der Waals surface area contributed by atoms with Gasteiger partial charge in [0.05, 0.1) is 6.33 Å². The van der Waals surface area contributed by atoms with Crippen molar-refractivity contribution in [3.05, 3.63) is 18.2 Å². The Morgan fingerprint density at radius 2 is 2.28 bits per heavy atom. The molecule has 0 radical (unpaired) electrons. The molecule has 5 nitrogen and oxygen atoms in total. The predicted octanol–water partition coefficient (Wildman–Crippen LogP) is 1.15. The van der Waals surface area contributed by atoms with E-state index in [0.29, 0.717) is 18.8 Å². The third-order valence-corrected chi connectivity index (χ3v) is 3.74. The quantitative estimate of drug-likeness (QED) is 0.823. The van der Waals surface area contributed by atoms with Crippen LogP contribution in [0.4, 0.5) is 0 Å². The van der Waals surface area contributed by atoms with Gasteiger partial charge in [0.2, 0.25) is 0 Å². The molecule has 3 N–H and O–H groups in total. The van der Waals surface area contributed by atoms with Gasteiger partial charge < -0.3 is 15.6 Å². The monoisotopic (exact) mass is 250 g/mol. The number of amides is 1. The van der Waals surface area contributed by atoms with E-state index in [9.17, 15) is 4.79 Å². The molecule has 0 saturated heterocycles. The summed E-state index contributed by atoms with van der Waals surface area (Å²) in [6.07, 6.45) is 8.36. The van der Waals surface area contributed by atoms with E-state index in [2.05, 4.69) is 17.2 Å². The zero-order valence-electron chi connectivity index (χ0n) is 11.0. The average Bonchev–Trinajstić information content (AvgIpc) is 2.97. The van der Waals surface area contributed by atoms with Crippen LogP contribution in [-0.2, 0) is 6.54 Å². The number of carbonyl (C=O) groups excluding carboxylic acids is 1.